The number of imidazole rings is 1. The lowest BCUT2D eigenvalue weighted by molar-refractivity contribution is -0.122. The average molecular weight is 371 g/mol. The van der Waals surface area contributed by atoms with Gasteiger partial charge >= 0.3 is 0 Å². The fourth-order valence-electron chi connectivity index (χ4n) is 3.39. The molecule has 1 amide bonds. The van der Waals surface area contributed by atoms with Gasteiger partial charge in [0.1, 0.15) is 5.82 Å². The summed E-state index contributed by atoms with van der Waals surface area (Å²) in [6.45, 7) is 0. The third-order valence-electron chi connectivity index (χ3n) is 4.76. The SMILES string of the molecule is O=C(Cc1nc2ccc(Cl)cc2[nH]1)N[C@@H](c1ccccn1)C1CC(O)C1. The van der Waals surface area contributed by atoms with Crippen LogP contribution in [0.25, 0.3) is 11.0 Å². The molecule has 2 heterocycles. The first-order chi connectivity index (χ1) is 12.6. The summed E-state index contributed by atoms with van der Waals surface area (Å²) in [7, 11) is 0. The standard InChI is InChI=1S/C19H19ClN4O2/c20-12-4-5-14-16(9-12)23-17(22-14)10-18(26)24-19(11-7-13(25)8-11)15-3-1-2-6-21-15/h1-6,9,11,13,19,25H,7-8,10H2,(H,22,23)(H,24,26)/t11?,13?,19-/m1/s1. The second-order valence-corrected chi connectivity index (χ2v) is 7.14. The quantitative estimate of drug-likeness (QED) is 0.644. The van der Waals surface area contributed by atoms with Gasteiger partial charge in [0.25, 0.3) is 0 Å². The Bertz CT molecular complexity index is 922. The molecule has 0 unspecified atom stereocenters. The van der Waals surface area contributed by atoms with Crippen LogP contribution in [0.5, 0.6) is 0 Å². The zero-order chi connectivity index (χ0) is 18.1. The number of nitrogens with zero attached hydrogens (tertiary/aromatic N) is 2. The van der Waals surface area contributed by atoms with E-state index in [4.69, 9.17) is 11.6 Å². The van der Waals surface area contributed by atoms with Gasteiger partial charge in [-0.25, -0.2) is 4.98 Å². The lowest BCUT2D eigenvalue weighted by atomic mass is 9.76. The maximum Gasteiger partial charge on any atom is 0.228 e. The number of carbonyl (C=O) groups excluding carboxylic acids is 1. The van der Waals surface area contributed by atoms with E-state index in [0.717, 1.165) is 16.7 Å². The van der Waals surface area contributed by atoms with Crippen molar-refractivity contribution >= 4 is 28.5 Å². The number of rotatable bonds is 5. The van der Waals surface area contributed by atoms with Gasteiger partial charge in [-0.3, -0.25) is 9.78 Å². The number of aliphatic hydroxyl groups excluding tert-OH is 1. The van der Waals surface area contributed by atoms with Gasteiger partial charge in [-0.15, -0.1) is 0 Å². The predicted molar refractivity (Wildman–Crippen MR) is 98.7 cm³/mol. The van der Waals surface area contributed by atoms with Gasteiger partial charge < -0.3 is 15.4 Å². The largest absolute Gasteiger partial charge is 0.393 e. The fourth-order valence-corrected chi connectivity index (χ4v) is 3.56. The molecule has 7 heteroatoms. The van der Waals surface area contributed by atoms with E-state index in [0.29, 0.717) is 23.7 Å². The summed E-state index contributed by atoms with van der Waals surface area (Å²) in [6, 6.07) is 10.8. The first-order valence-electron chi connectivity index (χ1n) is 8.61. The molecule has 0 aliphatic heterocycles. The van der Waals surface area contributed by atoms with Crippen LogP contribution in [0.1, 0.15) is 30.4 Å². The van der Waals surface area contributed by atoms with E-state index in [1.165, 1.54) is 0 Å². The van der Waals surface area contributed by atoms with Crippen molar-refractivity contribution in [2.24, 2.45) is 5.92 Å². The summed E-state index contributed by atoms with van der Waals surface area (Å²) in [5, 5.41) is 13.3. The minimum Gasteiger partial charge on any atom is -0.393 e. The number of aromatic amines is 1. The van der Waals surface area contributed by atoms with Crippen LogP contribution in [0.4, 0.5) is 0 Å². The molecular weight excluding hydrogens is 352 g/mol. The molecule has 1 aromatic carbocycles. The normalized spacial score (nSPS) is 20.5. The first-order valence-corrected chi connectivity index (χ1v) is 8.99. The molecule has 1 atom stereocenters. The molecule has 0 bridgehead atoms. The molecule has 26 heavy (non-hydrogen) atoms. The Hall–Kier alpha value is -2.44. The minimum absolute atomic E-state index is 0.132. The second kappa shape index (κ2) is 7.05. The first kappa shape index (κ1) is 17.0. The van der Waals surface area contributed by atoms with Crippen molar-refractivity contribution in [1.29, 1.82) is 0 Å². The lowest BCUT2D eigenvalue weighted by Crippen LogP contribution is -2.42. The topological polar surface area (TPSA) is 90.9 Å². The Kier molecular flexibility index (Phi) is 4.61. The summed E-state index contributed by atoms with van der Waals surface area (Å²) in [5.41, 5.74) is 2.40. The summed E-state index contributed by atoms with van der Waals surface area (Å²) < 4.78 is 0. The molecule has 0 saturated heterocycles. The summed E-state index contributed by atoms with van der Waals surface area (Å²) >= 11 is 5.98. The van der Waals surface area contributed by atoms with E-state index < -0.39 is 0 Å². The second-order valence-electron chi connectivity index (χ2n) is 6.71. The summed E-state index contributed by atoms with van der Waals surface area (Å²) in [4.78, 5) is 24.5. The highest BCUT2D eigenvalue weighted by Gasteiger charge is 2.36. The highest BCUT2D eigenvalue weighted by Crippen LogP contribution is 2.37. The van der Waals surface area contributed by atoms with Crippen LogP contribution in [0.15, 0.2) is 42.6 Å². The van der Waals surface area contributed by atoms with Gasteiger partial charge in [-0.2, -0.15) is 0 Å². The number of amides is 1. The van der Waals surface area contributed by atoms with Gasteiger partial charge in [0.05, 0.1) is 35.3 Å². The van der Waals surface area contributed by atoms with E-state index >= 15 is 0 Å². The van der Waals surface area contributed by atoms with Crippen LogP contribution in [-0.4, -0.2) is 32.1 Å². The third-order valence-corrected chi connectivity index (χ3v) is 5.00. The average Bonchev–Trinajstić information content (AvgIpc) is 2.99. The Morgan fingerprint density at radius 1 is 1.35 bits per heavy atom. The maximum atomic E-state index is 12.6. The van der Waals surface area contributed by atoms with Crippen molar-refractivity contribution in [2.75, 3.05) is 0 Å². The van der Waals surface area contributed by atoms with Crippen LogP contribution in [-0.2, 0) is 11.2 Å². The number of aromatic nitrogens is 3. The molecule has 3 N–H and O–H groups in total. The highest BCUT2D eigenvalue weighted by molar-refractivity contribution is 6.31. The van der Waals surface area contributed by atoms with Crippen molar-refractivity contribution in [3.63, 3.8) is 0 Å². The molecule has 3 aromatic rings. The van der Waals surface area contributed by atoms with Gasteiger partial charge in [-0.1, -0.05) is 17.7 Å². The van der Waals surface area contributed by atoms with Crippen molar-refractivity contribution in [2.45, 2.75) is 31.4 Å². The molecular formula is C19H19ClN4O2. The third kappa shape index (κ3) is 3.57. The van der Waals surface area contributed by atoms with Gasteiger partial charge in [0.15, 0.2) is 0 Å². The molecule has 0 radical (unpaired) electrons. The molecule has 134 valence electrons. The van der Waals surface area contributed by atoms with Crippen LogP contribution in [0.2, 0.25) is 5.02 Å². The van der Waals surface area contributed by atoms with Crippen LogP contribution >= 0.6 is 11.6 Å². The predicted octanol–water partition coefficient (Wildman–Crippen LogP) is 2.78. The van der Waals surface area contributed by atoms with E-state index in [9.17, 15) is 9.90 Å². The number of hydrogen-bond acceptors (Lipinski definition) is 4. The van der Waals surface area contributed by atoms with Crippen LogP contribution in [0, 0.1) is 5.92 Å². The smallest absolute Gasteiger partial charge is 0.228 e. The number of carbonyl (C=O) groups is 1. The Morgan fingerprint density at radius 2 is 2.19 bits per heavy atom. The van der Waals surface area contributed by atoms with E-state index in [1.54, 1.807) is 18.3 Å². The number of fused-ring (bicyclic) bond motifs is 1. The number of pyridine rings is 1. The van der Waals surface area contributed by atoms with Crippen molar-refractivity contribution in [1.82, 2.24) is 20.3 Å². The van der Waals surface area contributed by atoms with Crippen LogP contribution < -0.4 is 5.32 Å². The van der Waals surface area contributed by atoms with E-state index in [1.807, 2.05) is 24.3 Å². The molecule has 0 spiro atoms. The zero-order valence-corrected chi connectivity index (χ0v) is 14.8. The number of aliphatic hydroxyl groups is 1. The number of halogens is 1. The van der Waals surface area contributed by atoms with Gasteiger partial charge in [0, 0.05) is 11.2 Å². The molecule has 6 nitrogen and oxygen atoms in total. The zero-order valence-electron chi connectivity index (χ0n) is 14.0. The van der Waals surface area contributed by atoms with E-state index in [2.05, 4.69) is 20.3 Å². The van der Waals surface area contributed by atoms with Crippen molar-refractivity contribution in [3.05, 3.63) is 59.1 Å². The van der Waals surface area contributed by atoms with Gasteiger partial charge in [-0.05, 0) is 49.1 Å². The Labute approximate surface area is 155 Å². The molecule has 1 fully saturated rings. The molecule has 2 aromatic heterocycles. The number of H-pyrrole nitrogens is 1. The van der Waals surface area contributed by atoms with Crippen LogP contribution in [0.3, 0.4) is 0 Å². The van der Waals surface area contributed by atoms with E-state index in [-0.39, 0.29) is 30.4 Å². The maximum absolute atomic E-state index is 12.6. The molecule has 1 aliphatic rings. The number of benzene rings is 1. The van der Waals surface area contributed by atoms with Crippen molar-refractivity contribution in [3.8, 4) is 0 Å². The Morgan fingerprint density at radius 3 is 2.92 bits per heavy atom. The number of hydrogen-bond donors (Lipinski definition) is 3. The monoisotopic (exact) mass is 370 g/mol. The molecule has 1 aliphatic carbocycles. The molecule has 1 saturated carbocycles. The lowest BCUT2D eigenvalue weighted by Gasteiger charge is -2.37. The minimum atomic E-state index is -0.289. The molecule has 4 rings (SSSR count). The van der Waals surface area contributed by atoms with Crippen molar-refractivity contribution < 1.29 is 9.90 Å². The summed E-state index contributed by atoms with van der Waals surface area (Å²) in [5.74, 6) is 0.652. The Balaban J connectivity index is 1.48. The van der Waals surface area contributed by atoms with Gasteiger partial charge in [0.2, 0.25) is 5.91 Å². The fraction of sp³-hybridized carbons (Fsp3) is 0.316. The summed E-state index contributed by atoms with van der Waals surface area (Å²) in [6.07, 6.45) is 2.91. The highest BCUT2D eigenvalue weighted by atomic mass is 35.5. The number of nitrogens with one attached hydrogen (secondary N) is 2.